The zero-order chi connectivity index (χ0) is 17.8. The number of alkyl halides is 2. The number of halogens is 2. The maximum absolute atomic E-state index is 12.3. The predicted molar refractivity (Wildman–Crippen MR) is 83.8 cm³/mol. The molecule has 0 amide bonds. The third-order valence-corrected chi connectivity index (χ3v) is 3.47. The summed E-state index contributed by atoms with van der Waals surface area (Å²) in [5.41, 5.74) is 2.70. The minimum absolute atomic E-state index is 0.0526. The Morgan fingerprint density at radius 1 is 1.24 bits per heavy atom. The van der Waals surface area contributed by atoms with Crippen LogP contribution in [0.3, 0.4) is 0 Å². The van der Waals surface area contributed by atoms with Crippen molar-refractivity contribution >= 4 is 0 Å². The van der Waals surface area contributed by atoms with Gasteiger partial charge in [-0.1, -0.05) is 11.3 Å². The second-order valence-electron chi connectivity index (χ2n) is 5.21. The number of benzene rings is 1. The van der Waals surface area contributed by atoms with Crippen molar-refractivity contribution in [2.45, 2.75) is 27.1 Å². The summed E-state index contributed by atoms with van der Waals surface area (Å²) >= 11 is 0. The molecule has 0 unspecified atom stereocenters. The first-order chi connectivity index (χ1) is 12.0. The van der Waals surface area contributed by atoms with Crippen LogP contribution >= 0.6 is 0 Å². The maximum atomic E-state index is 12.3. The fourth-order valence-corrected chi connectivity index (χ4v) is 2.21. The van der Waals surface area contributed by atoms with Crippen LogP contribution in [0.1, 0.15) is 17.0 Å². The third-order valence-electron chi connectivity index (χ3n) is 3.47. The summed E-state index contributed by atoms with van der Waals surface area (Å²) in [6.07, 6.45) is 3.06. The molecule has 1 aromatic carbocycles. The number of nitrogens with zero attached hydrogens (tertiary/aromatic N) is 5. The van der Waals surface area contributed by atoms with Gasteiger partial charge >= 0.3 is 6.61 Å². The van der Waals surface area contributed by atoms with Gasteiger partial charge in [-0.2, -0.15) is 8.78 Å². The van der Waals surface area contributed by atoms with Crippen LogP contribution in [0.4, 0.5) is 8.78 Å². The van der Waals surface area contributed by atoms with E-state index in [9.17, 15) is 8.78 Å². The highest BCUT2D eigenvalue weighted by Gasteiger charge is 2.13. The van der Waals surface area contributed by atoms with Crippen LogP contribution in [0.15, 0.2) is 36.8 Å². The molecule has 130 valence electrons. The van der Waals surface area contributed by atoms with Crippen LogP contribution < -0.4 is 9.47 Å². The van der Waals surface area contributed by atoms with E-state index < -0.39 is 6.61 Å². The van der Waals surface area contributed by atoms with E-state index in [-0.39, 0.29) is 12.4 Å². The van der Waals surface area contributed by atoms with Gasteiger partial charge in [0.2, 0.25) is 5.88 Å². The summed E-state index contributed by atoms with van der Waals surface area (Å²) in [5, 5.41) is 8.13. The van der Waals surface area contributed by atoms with Gasteiger partial charge in [-0.3, -0.25) is 0 Å². The molecule has 3 aromatic rings. The molecule has 0 N–H and O–H groups in total. The molecular weight excluding hydrogens is 332 g/mol. The SMILES string of the molecule is Cc1cncnc1OCc1nnn(-c2cccc(OC(F)F)c2)c1C. The normalized spacial score (nSPS) is 10.9. The number of aromatic nitrogens is 5. The Bertz CT molecular complexity index is 869. The van der Waals surface area contributed by atoms with Crippen molar-refractivity contribution in [1.29, 1.82) is 0 Å². The zero-order valence-corrected chi connectivity index (χ0v) is 13.6. The molecule has 0 aliphatic carbocycles. The summed E-state index contributed by atoms with van der Waals surface area (Å²) in [5.74, 6) is 0.521. The van der Waals surface area contributed by atoms with Gasteiger partial charge in [-0.25, -0.2) is 14.6 Å². The van der Waals surface area contributed by atoms with Crippen molar-refractivity contribution < 1.29 is 18.3 Å². The Kier molecular flexibility index (Phi) is 4.82. The number of rotatable bonds is 6. The average molecular weight is 347 g/mol. The van der Waals surface area contributed by atoms with Crippen molar-refractivity contribution in [3.05, 3.63) is 53.7 Å². The van der Waals surface area contributed by atoms with Gasteiger partial charge in [0, 0.05) is 17.8 Å². The Morgan fingerprint density at radius 2 is 2.08 bits per heavy atom. The first-order valence-electron chi connectivity index (χ1n) is 7.40. The molecule has 0 radical (unpaired) electrons. The van der Waals surface area contributed by atoms with Gasteiger partial charge in [0.25, 0.3) is 0 Å². The number of hydrogen-bond donors (Lipinski definition) is 0. The Morgan fingerprint density at radius 3 is 2.84 bits per heavy atom. The minimum Gasteiger partial charge on any atom is -0.471 e. The van der Waals surface area contributed by atoms with E-state index in [1.807, 2.05) is 13.8 Å². The summed E-state index contributed by atoms with van der Waals surface area (Å²) in [4.78, 5) is 7.95. The lowest BCUT2D eigenvalue weighted by Gasteiger charge is -2.08. The molecule has 9 heteroatoms. The highest BCUT2D eigenvalue weighted by Crippen LogP contribution is 2.21. The molecule has 3 rings (SSSR count). The molecule has 0 spiro atoms. The Labute approximate surface area is 142 Å². The van der Waals surface area contributed by atoms with Gasteiger partial charge in [-0.05, 0) is 26.0 Å². The van der Waals surface area contributed by atoms with Crippen LogP contribution in [0.25, 0.3) is 5.69 Å². The van der Waals surface area contributed by atoms with Crippen molar-refractivity contribution in [3.63, 3.8) is 0 Å². The maximum Gasteiger partial charge on any atom is 0.387 e. The second kappa shape index (κ2) is 7.20. The van der Waals surface area contributed by atoms with E-state index >= 15 is 0 Å². The first-order valence-corrected chi connectivity index (χ1v) is 7.40. The van der Waals surface area contributed by atoms with E-state index in [0.29, 0.717) is 17.3 Å². The van der Waals surface area contributed by atoms with Crippen molar-refractivity contribution in [3.8, 4) is 17.3 Å². The third kappa shape index (κ3) is 3.87. The lowest BCUT2D eigenvalue weighted by atomic mass is 10.3. The lowest BCUT2D eigenvalue weighted by Crippen LogP contribution is -2.05. The second-order valence-corrected chi connectivity index (χ2v) is 5.21. The Hall–Kier alpha value is -3.10. The predicted octanol–water partition coefficient (Wildman–Crippen LogP) is 2.85. The summed E-state index contributed by atoms with van der Waals surface area (Å²) in [6.45, 7) is 0.948. The fourth-order valence-electron chi connectivity index (χ4n) is 2.21. The molecule has 7 nitrogen and oxygen atoms in total. The molecule has 0 bridgehead atoms. The monoisotopic (exact) mass is 347 g/mol. The number of ether oxygens (including phenoxy) is 2. The van der Waals surface area contributed by atoms with E-state index in [1.54, 1.807) is 18.3 Å². The zero-order valence-electron chi connectivity index (χ0n) is 13.6. The van der Waals surface area contributed by atoms with E-state index in [0.717, 1.165) is 11.3 Å². The summed E-state index contributed by atoms with van der Waals surface area (Å²) < 4.78 is 36.3. The topological polar surface area (TPSA) is 75.0 Å². The molecule has 0 atom stereocenters. The van der Waals surface area contributed by atoms with Crippen LogP contribution in [0, 0.1) is 13.8 Å². The van der Waals surface area contributed by atoms with Crippen LogP contribution in [-0.4, -0.2) is 31.6 Å². The average Bonchev–Trinajstić information content (AvgIpc) is 2.94. The van der Waals surface area contributed by atoms with Crippen LogP contribution in [-0.2, 0) is 6.61 Å². The molecule has 0 saturated carbocycles. The van der Waals surface area contributed by atoms with Crippen molar-refractivity contribution in [2.24, 2.45) is 0 Å². The van der Waals surface area contributed by atoms with Crippen molar-refractivity contribution in [2.75, 3.05) is 0 Å². The summed E-state index contributed by atoms with van der Waals surface area (Å²) in [6, 6.07) is 6.24. The molecule has 2 aromatic heterocycles. The van der Waals surface area contributed by atoms with Gasteiger partial charge in [0.05, 0.1) is 11.4 Å². The van der Waals surface area contributed by atoms with Gasteiger partial charge in [0.1, 0.15) is 24.4 Å². The molecule has 0 saturated heterocycles. The molecular formula is C16H15F2N5O2. The molecule has 2 heterocycles. The van der Waals surface area contributed by atoms with E-state index in [1.165, 1.54) is 23.1 Å². The lowest BCUT2D eigenvalue weighted by molar-refractivity contribution is -0.0498. The molecule has 0 aliphatic rings. The first kappa shape index (κ1) is 16.7. The van der Waals surface area contributed by atoms with Crippen LogP contribution in [0.5, 0.6) is 11.6 Å². The van der Waals surface area contributed by atoms with Gasteiger partial charge in [-0.15, -0.1) is 5.10 Å². The van der Waals surface area contributed by atoms with Gasteiger partial charge in [0.15, 0.2) is 0 Å². The standard InChI is InChI=1S/C16H15F2N5O2/c1-10-7-19-9-20-15(10)24-8-14-11(2)23(22-21-14)12-4-3-5-13(6-12)25-16(17)18/h3-7,9,16H,8H2,1-2H3. The molecule has 0 aliphatic heterocycles. The number of aryl methyl sites for hydroxylation is 1. The van der Waals surface area contributed by atoms with Crippen LogP contribution in [0.2, 0.25) is 0 Å². The summed E-state index contributed by atoms with van der Waals surface area (Å²) in [7, 11) is 0. The largest absolute Gasteiger partial charge is 0.471 e. The smallest absolute Gasteiger partial charge is 0.387 e. The Balaban J connectivity index is 1.78. The van der Waals surface area contributed by atoms with E-state index in [2.05, 4.69) is 25.0 Å². The quantitative estimate of drug-likeness (QED) is 0.683. The minimum atomic E-state index is -2.88. The fraction of sp³-hybridized carbons (Fsp3) is 0.250. The highest BCUT2D eigenvalue weighted by molar-refractivity contribution is 5.40. The van der Waals surface area contributed by atoms with E-state index in [4.69, 9.17) is 4.74 Å². The molecule has 25 heavy (non-hydrogen) atoms. The van der Waals surface area contributed by atoms with Gasteiger partial charge < -0.3 is 9.47 Å². The highest BCUT2D eigenvalue weighted by atomic mass is 19.3. The number of hydrogen-bond acceptors (Lipinski definition) is 6. The van der Waals surface area contributed by atoms with Crippen molar-refractivity contribution in [1.82, 2.24) is 25.0 Å². The molecule has 0 fully saturated rings.